The molecule has 2 rings (SSSR count). The van der Waals surface area contributed by atoms with Gasteiger partial charge in [0.1, 0.15) is 0 Å². The smallest absolute Gasteiger partial charge is 0.0580 e. The van der Waals surface area contributed by atoms with E-state index in [-0.39, 0.29) is 0 Å². The van der Waals surface area contributed by atoms with E-state index in [0.29, 0.717) is 18.1 Å². The van der Waals surface area contributed by atoms with Crippen LogP contribution in [0.4, 0.5) is 0 Å². The van der Waals surface area contributed by atoms with E-state index in [1.165, 1.54) is 31.4 Å². The molecule has 0 aliphatic heterocycles. The highest BCUT2D eigenvalue weighted by molar-refractivity contribution is 5.11. The summed E-state index contributed by atoms with van der Waals surface area (Å²) in [5.74, 6) is 1.27. The minimum Gasteiger partial charge on any atom is -0.378 e. The van der Waals surface area contributed by atoms with E-state index in [1.807, 2.05) is 12.3 Å². The van der Waals surface area contributed by atoms with Crippen LogP contribution in [0, 0.1) is 5.92 Å². The Balaban J connectivity index is 1.89. The lowest BCUT2D eigenvalue weighted by Crippen LogP contribution is -2.41. The Morgan fingerprint density at radius 1 is 1.33 bits per heavy atom. The maximum absolute atomic E-state index is 5.68. The number of hydrogen-bond acceptors (Lipinski definition) is 3. The zero-order valence-corrected chi connectivity index (χ0v) is 13.7. The summed E-state index contributed by atoms with van der Waals surface area (Å²) in [5, 5.41) is 3.73. The highest BCUT2D eigenvalue weighted by atomic mass is 16.5. The second-order valence-electron chi connectivity index (χ2n) is 6.25. The standard InChI is InChI=1S/C18H30N2O/c1-4-9-19-18(13-15-11-16(12-15)21-5-2)14(3)17-8-6-7-10-20-17/h6-8,10,14-16,18-19H,4-5,9,11-13H2,1-3H3. The summed E-state index contributed by atoms with van der Waals surface area (Å²) in [7, 11) is 0. The monoisotopic (exact) mass is 290 g/mol. The lowest BCUT2D eigenvalue weighted by atomic mass is 9.76. The number of aromatic nitrogens is 1. The minimum absolute atomic E-state index is 0.462. The van der Waals surface area contributed by atoms with Crippen LogP contribution < -0.4 is 5.32 Å². The third kappa shape index (κ3) is 4.79. The normalized spacial score (nSPS) is 24.3. The Morgan fingerprint density at radius 2 is 2.14 bits per heavy atom. The van der Waals surface area contributed by atoms with Crippen molar-refractivity contribution in [2.75, 3.05) is 13.2 Å². The maximum atomic E-state index is 5.68. The van der Waals surface area contributed by atoms with Crippen molar-refractivity contribution in [1.82, 2.24) is 10.3 Å². The van der Waals surface area contributed by atoms with Crippen LogP contribution in [-0.2, 0) is 4.74 Å². The molecule has 118 valence electrons. The molecule has 1 aliphatic carbocycles. The van der Waals surface area contributed by atoms with Crippen LogP contribution in [-0.4, -0.2) is 30.3 Å². The molecule has 0 amide bonds. The molecule has 1 saturated carbocycles. The Labute approximate surface area is 129 Å². The lowest BCUT2D eigenvalue weighted by Gasteiger charge is -2.38. The molecule has 1 aromatic heterocycles. The first-order valence-electron chi connectivity index (χ1n) is 8.50. The fourth-order valence-electron chi connectivity index (χ4n) is 3.24. The third-order valence-electron chi connectivity index (χ3n) is 4.60. The van der Waals surface area contributed by atoms with Crippen LogP contribution in [0.5, 0.6) is 0 Å². The predicted molar refractivity (Wildman–Crippen MR) is 87.5 cm³/mol. The summed E-state index contributed by atoms with van der Waals surface area (Å²) >= 11 is 0. The number of nitrogens with one attached hydrogen (secondary N) is 1. The predicted octanol–water partition coefficient (Wildman–Crippen LogP) is 3.76. The number of nitrogens with zero attached hydrogens (tertiary/aromatic N) is 1. The van der Waals surface area contributed by atoms with E-state index in [0.717, 1.165) is 19.1 Å². The second-order valence-corrected chi connectivity index (χ2v) is 6.25. The molecule has 1 aliphatic rings. The molecule has 3 heteroatoms. The van der Waals surface area contributed by atoms with Crippen molar-refractivity contribution < 1.29 is 4.74 Å². The molecule has 3 nitrogen and oxygen atoms in total. The molecule has 0 radical (unpaired) electrons. The number of pyridine rings is 1. The van der Waals surface area contributed by atoms with Gasteiger partial charge in [0.2, 0.25) is 0 Å². The first-order chi connectivity index (χ1) is 10.2. The highest BCUT2D eigenvalue weighted by Crippen LogP contribution is 2.36. The number of ether oxygens (including phenoxy) is 1. The zero-order chi connectivity index (χ0) is 15.1. The first-order valence-corrected chi connectivity index (χ1v) is 8.50. The summed E-state index contributed by atoms with van der Waals surface area (Å²) < 4.78 is 5.68. The molecule has 1 heterocycles. The van der Waals surface area contributed by atoms with E-state index in [9.17, 15) is 0 Å². The lowest BCUT2D eigenvalue weighted by molar-refractivity contribution is -0.0296. The molecule has 0 spiro atoms. The second kappa shape index (κ2) is 8.50. The summed E-state index contributed by atoms with van der Waals surface area (Å²) in [6.07, 6.45) is 7.29. The molecule has 21 heavy (non-hydrogen) atoms. The van der Waals surface area contributed by atoms with Crippen LogP contribution in [0.2, 0.25) is 0 Å². The molecule has 1 fully saturated rings. The molecule has 0 bridgehead atoms. The SMILES string of the molecule is CCCNC(CC1CC(OCC)C1)C(C)c1ccccn1. The Morgan fingerprint density at radius 3 is 2.76 bits per heavy atom. The van der Waals surface area contributed by atoms with Crippen LogP contribution in [0.15, 0.2) is 24.4 Å². The van der Waals surface area contributed by atoms with Crippen LogP contribution in [0.25, 0.3) is 0 Å². The van der Waals surface area contributed by atoms with Gasteiger partial charge in [0.05, 0.1) is 6.10 Å². The third-order valence-corrected chi connectivity index (χ3v) is 4.60. The number of hydrogen-bond donors (Lipinski definition) is 1. The molecular weight excluding hydrogens is 260 g/mol. The molecular formula is C18H30N2O. The van der Waals surface area contributed by atoms with Crippen LogP contribution in [0.3, 0.4) is 0 Å². The number of rotatable bonds is 9. The average molecular weight is 290 g/mol. The van der Waals surface area contributed by atoms with E-state index >= 15 is 0 Å². The van der Waals surface area contributed by atoms with Gasteiger partial charge in [-0.3, -0.25) is 4.98 Å². The molecule has 1 N–H and O–H groups in total. The van der Waals surface area contributed by atoms with Crippen molar-refractivity contribution in [3.8, 4) is 0 Å². The Hall–Kier alpha value is -0.930. The van der Waals surface area contributed by atoms with Gasteiger partial charge in [-0.05, 0) is 57.2 Å². The van der Waals surface area contributed by atoms with Gasteiger partial charge in [-0.25, -0.2) is 0 Å². The molecule has 0 saturated heterocycles. The Kier molecular flexibility index (Phi) is 6.65. The Bertz CT molecular complexity index is 389. The summed E-state index contributed by atoms with van der Waals surface area (Å²) in [6, 6.07) is 6.75. The zero-order valence-electron chi connectivity index (χ0n) is 13.7. The van der Waals surface area contributed by atoms with Gasteiger partial charge in [0.25, 0.3) is 0 Å². The van der Waals surface area contributed by atoms with Crippen molar-refractivity contribution in [1.29, 1.82) is 0 Å². The van der Waals surface area contributed by atoms with Crippen molar-refractivity contribution in [2.45, 2.75) is 64.5 Å². The van der Waals surface area contributed by atoms with Crippen molar-refractivity contribution in [3.05, 3.63) is 30.1 Å². The van der Waals surface area contributed by atoms with Gasteiger partial charge >= 0.3 is 0 Å². The van der Waals surface area contributed by atoms with Gasteiger partial charge < -0.3 is 10.1 Å². The minimum atomic E-state index is 0.462. The summed E-state index contributed by atoms with van der Waals surface area (Å²) in [6.45, 7) is 8.54. The average Bonchev–Trinajstić information content (AvgIpc) is 2.48. The quantitative estimate of drug-likeness (QED) is 0.752. The van der Waals surface area contributed by atoms with E-state index in [4.69, 9.17) is 4.74 Å². The van der Waals surface area contributed by atoms with Crippen LogP contribution >= 0.6 is 0 Å². The fourth-order valence-corrected chi connectivity index (χ4v) is 3.24. The maximum Gasteiger partial charge on any atom is 0.0580 e. The van der Waals surface area contributed by atoms with E-state index in [2.05, 4.69) is 43.2 Å². The van der Waals surface area contributed by atoms with E-state index in [1.54, 1.807) is 0 Å². The molecule has 2 unspecified atom stereocenters. The van der Waals surface area contributed by atoms with Gasteiger partial charge in [0, 0.05) is 30.5 Å². The summed E-state index contributed by atoms with van der Waals surface area (Å²) in [4.78, 5) is 4.54. The molecule has 0 aromatic carbocycles. The fraction of sp³-hybridized carbons (Fsp3) is 0.722. The molecule has 2 atom stereocenters. The first kappa shape index (κ1) is 16.4. The van der Waals surface area contributed by atoms with E-state index < -0.39 is 0 Å². The van der Waals surface area contributed by atoms with Gasteiger partial charge in [-0.15, -0.1) is 0 Å². The van der Waals surface area contributed by atoms with Gasteiger partial charge in [-0.1, -0.05) is 19.9 Å². The van der Waals surface area contributed by atoms with Crippen LogP contribution in [0.1, 0.15) is 58.1 Å². The summed E-state index contributed by atoms with van der Waals surface area (Å²) in [5.41, 5.74) is 1.20. The largest absolute Gasteiger partial charge is 0.378 e. The topological polar surface area (TPSA) is 34.1 Å². The molecule has 1 aromatic rings. The van der Waals surface area contributed by atoms with Crippen molar-refractivity contribution >= 4 is 0 Å². The highest BCUT2D eigenvalue weighted by Gasteiger charge is 2.33. The van der Waals surface area contributed by atoms with Crippen molar-refractivity contribution in [2.24, 2.45) is 5.92 Å². The van der Waals surface area contributed by atoms with Gasteiger partial charge in [0.15, 0.2) is 0 Å². The van der Waals surface area contributed by atoms with Gasteiger partial charge in [-0.2, -0.15) is 0 Å². The van der Waals surface area contributed by atoms with Crippen molar-refractivity contribution in [3.63, 3.8) is 0 Å².